The van der Waals surface area contributed by atoms with Crippen LogP contribution in [0.5, 0.6) is 0 Å². The van der Waals surface area contributed by atoms with Crippen molar-refractivity contribution < 1.29 is 71.9 Å². The average molecular weight is 1000 g/mol. The molecule has 0 bridgehead atoms. The molecule has 0 radical (unpaired) electrons. The number of rotatable bonds is 18. The summed E-state index contributed by atoms with van der Waals surface area (Å²) in [4.78, 5) is 97.8. The van der Waals surface area contributed by atoms with Crippen LogP contribution in [-0.4, -0.2) is 116 Å². The minimum absolute atomic E-state index is 0. The van der Waals surface area contributed by atoms with E-state index in [4.69, 9.17) is 35.7 Å². The highest BCUT2D eigenvalue weighted by atomic mass is 35.5. The number of aliphatic hydroxyl groups is 1. The maximum absolute atomic E-state index is 11.8. The lowest BCUT2D eigenvalue weighted by atomic mass is 9.97. The number of amides is 3. The monoisotopic (exact) mass is 1000 g/mol. The van der Waals surface area contributed by atoms with Gasteiger partial charge in [-0.05, 0) is 72.9 Å². The fourth-order valence-electron chi connectivity index (χ4n) is 3.54. The van der Waals surface area contributed by atoms with E-state index in [2.05, 4.69) is 20.7 Å². The molecule has 0 fully saturated rings. The number of aliphatic hydroxyl groups excluding tert-OH is 1. The molecule has 67 heavy (non-hydrogen) atoms. The zero-order valence-electron chi connectivity index (χ0n) is 35.5. The number of carbonyl (C=O) groups excluding carboxylic acids is 9. The van der Waals surface area contributed by atoms with E-state index in [0.29, 0.717) is 25.7 Å². The summed E-state index contributed by atoms with van der Waals surface area (Å²) in [6.07, 6.45) is -1.10. The second kappa shape index (κ2) is 59.7. The Kier molecular flexibility index (Phi) is 93.5. The summed E-state index contributed by atoms with van der Waals surface area (Å²) in [6.45, 7) is 18.4. The number of hydrogen-bond donors (Lipinski definition) is 4. The van der Waals surface area contributed by atoms with E-state index in [1.54, 1.807) is 48.5 Å². The molecule has 3 amide bonds. The Bertz CT molecular complexity index is 1240. The van der Waals surface area contributed by atoms with Gasteiger partial charge in [0.1, 0.15) is 49.8 Å². The first kappa shape index (κ1) is 105. The van der Waals surface area contributed by atoms with Gasteiger partial charge >= 0.3 is 29.8 Å². The first-order valence-corrected chi connectivity index (χ1v) is 18.5. The van der Waals surface area contributed by atoms with Gasteiger partial charge in [0.2, 0.25) is 23.0 Å². The Balaban J connectivity index is -0.0000000415. The van der Waals surface area contributed by atoms with E-state index in [1.165, 1.54) is 35.0 Å². The summed E-state index contributed by atoms with van der Waals surface area (Å²) < 4.78 is 25.3. The lowest BCUT2D eigenvalue weighted by molar-refractivity contribution is -0.162. The Morgan fingerprint density at radius 1 is 0.507 bits per heavy atom. The topological polar surface area (TPSA) is 256 Å². The van der Waals surface area contributed by atoms with Crippen molar-refractivity contribution in [1.29, 1.82) is 0 Å². The molecule has 0 rings (SSSR count). The van der Waals surface area contributed by atoms with Gasteiger partial charge < -0.3 is 44.7 Å². The predicted octanol–water partition coefficient (Wildman–Crippen LogP) is 9.80. The average Bonchev–Trinajstić information content (AvgIpc) is 3.06. The van der Waals surface area contributed by atoms with Crippen LogP contribution in [0.1, 0.15) is 203 Å². The van der Waals surface area contributed by atoms with E-state index >= 15 is 0 Å². The van der Waals surface area contributed by atoms with Crippen LogP contribution in [0, 0.1) is 5.41 Å². The van der Waals surface area contributed by atoms with Crippen LogP contribution in [0.15, 0.2) is 0 Å². The largest absolute Gasteiger partial charge is 0.462 e. The summed E-state index contributed by atoms with van der Waals surface area (Å²) in [7, 11) is 4.35. The molecule has 0 saturated carbocycles. The lowest BCUT2D eigenvalue weighted by Gasteiger charge is -2.24. The highest BCUT2D eigenvalue weighted by Crippen LogP contribution is 2.20. The molecule has 19 heteroatoms. The minimum atomic E-state index is -0.635. The molecule has 0 aliphatic heterocycles. The summed E-state index contributed by atoms with van der Waals surface area (Å²) in [6, 6.07) is 0. The van der Waals surface area contributed by atoms with Crippen molar-refractivity contribution in [2.45, 2.75) is 239 Å². The molecule has 0 aromatic carbocycles. The number of halogens is 1. The maximum atomic E-state index is 11.8. The number of hydrogen-bond acceptors (Lipinski definition) is 15. The zero-order chi connectivity index (χ0) is 44.8. The standard InChI is InChI=1S/C15H27NO5.C12H21NO5.C6H12O3.C4H6ClNO2.11CH4/c1-7-11(21-14(19)15(3,4)5)8-10(2)20-13(18)9-12(17)16-6;1-5-10(18-9(3)14)6-8(2)17-12(16)7-11(15)13-4;1-4(7)5(2)9-6(3)8;1-6-4(8)2-3(5)7;;;;;;;;;;;/h10-11H,7-9H2,1-6H3,(H,16,17);8,10H,5-7H2,1-4H3,(H,13,15);4-5,7H,1-3H3;2H2,1H3,(H,6,8);11*1H4. The van der Waals surface area contributed by atoms with E-state index in [9.17, 15) is 43.2 Å². The van der Waals surface area contributed by atoms with Crippen molar-refractivity contribution >= 4 is 64.4 Å². The third-order valence-corrected chi connectivity index (χ3v) is 6.89. The van der Waals surface area contributed by atoms with Gasteiger partial charge in [-0.3, -0.25) is 43.2 Å². The molecular weight excluding hydrogens is 894 g/mol. The molecule has 0 aromatic rings. The van der Waals surface area contributed by atoms with E-state index in [0.717, 1.165) is 0 Å². The molecule has 414 valence electrons. The van der Waals surface area contributed by atoms with Crippen LogP contribution < -0.4 is 16.0 Å². The number of esters is 5. The van der Waals surface area contributed by atoms with Crippen LogP contribution in [0.2, 0.25) is 0 Å². The van der Waals surface area contributed by atoms with E-state index in [1.807, 2.05) is 13.8 Å². The van der Waals surface area contributed by atoms with E-state index < -0.39 is 52.9 Å². The summed E-state index contributed by atoms with van der Waals surface area (Å²) in [5, 5.41) is 15.1. The smallest absolute Gasteiger partial charge is 0.315 e. The fraction of sp³-hybridized carbons (Fsp3) is 0.812. The molecule has 18 nitrogen and oxygen atoms in total. The van der Waals surface area contributed by atoms with Crippen molar-refractivity contribution in [3.63, 3.8) is 0 Å². The second-order valence-electron chi connectivity index (χ2n) is 13.4. The number of nitrogens with one attached hydrogen (secondary N) is 3. The molecule has 0 heterocycles. The first-order valence-electron chi connectivity index (χ1n) is 18.1. The quantitative estimate of drug-likeness (QED) is 0.0431. The van der Waals surface area contributed by atoms with Crippen molar-refractivity contribution in [3.8, 4) is 0 Å². The molecule has 4 N–H and O–H groups in total. The van der Waals surface area contributed by atoms with Gasteiger partial charge in [-0.25, -0.2) is 0 Å². The Morgan fingerprint density at radius 3 is 0.985 bits per heavy atom. The highest BCUT2D eigenvalue weighted by Gasteiger charge is 2.27. The van der Waals surface area contributed by atoms with Crippen LogP contribution in [0.3, 0.4) is 0 Å². The van der Waals surface area contributed by atoms with Gasteiger partial charge in [0, 0.05) is 47.8 Å². The summed E-state index contributed by atoms with van der Waals surface area (Å²) in [5.74, 6) is -3.30. The van der Waals surface area contributed by atoms with Gasteiger partial charge in [0.25, 0.3) is 0 Å². The lowest BCUT2D eigenvalue weighted by Crippen LogP contribution is -2.31. The Morgan fingerprint density at radius 2 is 0.791 bits per heavy atom. The molecule has 0 saturated heterocycles. The minimum Gasteiger partial charge on any atom is -0.462 e. The molecule has 6 atom stereocenters. The van der Waals surface area contributed by atoms with Gasteiger partial charge in [-0.15, -0.1) is 0 Å². The van der Waals surface area contributed by atoms with E-state index in [-0.39, 0.29) is 143 Å². The molecule has 0 aliphatic rings. The maximum Gasteiger partial charge on any atom is 0.315 e. The van der Waals surface area contributed by atoms with Gasteiger partial charge in [-0.2, -0.15) is 0 Å². The van der Waals surface area contributed by atoms with Crippen molar-refractivity contribution in [3.05, 3.63) is 0 Å². The predicted molar refractivity (Wildman–Crippen MR) is 280 cm³/mol. The van der Waals surface area contributed by atoms with Crippen LogP contribution in [0.25, 0.3) is 0 Å². The Labute approximate surface area is 417 Å². The number of ether oxygens (including phenoxy) is 5. The second-order valence-corrected chi connectivity index (χ2v) is 13.8. The number of carbonyl (C=O) groups is 9. The van der Waals surface area contributed by atoms with Crippen molar-refractivity contribution in [2.75, 3.05) is 21.1 Å². The normalized spacial score (nSPS) is 11.2. The van der Waals surface area contributed by atoms with Crippen molar-refractivity contribution in [2.24, 2.45) is 5.41 Å². The highest BCUT2D eigenvalue weighted by molar-refractivity contribution is 6.64. The SMILES string of the molecule is C.C.C.C.C.C.C.C.C.C.C.CC(=O)OC(C)C(C)O.CCC(CC(C)OC(=O)CC(=O)NC)OC(=O)C(C)(C)C.CCC(CC(C)OC(=O)CC(=O)NC)OC(C)=O.CNC(=O)CC(=O)Cl. The Hall–Kier alpha value is -4.32. The molecule has 0 aromatic heterocycles. The third kappa shape index (κ3) is 70.9. The van der Waals surface area contributed by atoms with Gasteiger partial charge in [-0.1, -0.05) is 95.5 Å². The zero-order valence-corrected chi connectivity index (χ0v) is 36.2. The summed E-state index contributed by atoms with van der Waals surface area (Å²) >= 11 is 4.85. The summed E-state index contributed by atoms with van der Waals surface area (Å²) in [5.41, 5.74) is -0.563. The first-order chi connectivity index (χ1) is 25.7. The van der Waals surface area contributed by atoms with Crippen LogP contribution in [0.4, 0.5) is 0 Å². The fourth-order valence-corrected chi connectivity index (χ4v) is 3.66. The molecule has 0 aliphatic carbocycles. The van der Waals surface area contributed by atoms with Gasteiger partial charge in [0.15, 0.2) is 0 Å². The molecule has 6 unspecified atom stereocenters. The van der Waals surface area contributed by atoms with Gasteiger partial charge in [0.05, 0.1) is 11.5 Å². The van der Waals surface area contributed by atoms with Crippen molar-refractivity contribution in [1.82, 2.24) is 16.0 Å². The van der Waals surface area contributed by atoms with Crippen LogP contribution in [-0.2, 0) is 66.8 Å². The molecular formula is C48H110ClN3O15. The third-order valence-electron chi connectivity index (χ3n) is 6.76. The molecule has 0 spiro atoms. The van der Waals surface area contributed by atoms with Crippen LogP contribution >= 0.6 is 11.6 Å².